The topological polar surface area (TPSA) is 169 Å². The molecule has 0 saturated carbocycles. The third kappa shape index (κ3) is 4.51. The summed E-state index contributed by atoms with van der Waals surface area (Å²) < 4.78 is 70.0. The van der Waals surface area contributed by atoms with Gasteiger partial charge < -0.3 is 10.5 Å². The highest BCUT2D eigenvalue weighted by atomic mass is 32.2. The minimum Gasteiger partial charge on any atom is -0.495 e. The molecule has 0 atom stereocenters. The van der Waals surface area contributed by atoms with Gasteiger partial charge in [0.1, 0.15) is 10.6 Å². The van der Waals surface area contributed by atoms with Crippen LogP contribution >= 0.6 is 0 Å². The lowest BCUT2D eigenvalue weighted by Crippen LogP contribution is -2.04. The van der Waals surface area contributed by atoms with Gasteiger partial charge in [-0.3, -0.25) is 9.11 Å². The van der Waals surface area contributed by atoms with Crippen LogP contribution in [0.25, 0.3) is 10.8 Å². The number of hydrogen-bond donors (Lipinski definition) is 3. The highest BCUT2D eigenvalue weighted by Gasteiger charge is 2.20. The summed E-state index contributed by atoms with van der Waals surface area (Å²) in [5.41, 5.74) is 6.81. The number of fused-ring (bicyclic) bond motifs is 1. The Morgan fingerprint density at radius 2 is 1.48 bits per heavy atom. The summed E-state index contributed by atoms with van der Waals surface area (Å²) in [4.78, 5) is -1.35. The van der Waals surface area contributed by atoms with Gasteiger partial charge in [0.2, 0.25) is 0 Å². The van der Waals surface area contributed by atoms with E-state index in [2.05, 4.69) is 10.2 Å². The van der Waals surface area contributed by atoms with Gasteiger partial charge in [0, 0.05) is 11.5 Å². The molecule has 10 nitrogen and oxygen atoms in total. The molecule has 0 aliphatic carbocycles. The molecule has 0 unspecified atom stereocenters. The fraction of sp³-hybridized carbons (Fsp3) is 0.0588. The second-order valence-electron chi connectivity index (χ2n) is 5.90. The predicted molar refractivity (Wildman–Crippen MR) is 105 cm³/mol. The molecular weight excluding hydrogens is 422 g/mol. The minimum atomic E-state index is -4.79. The van der Waals surface area contributed by atoms with Crippen molar-refractivity contribution in [2.45, 2.75) is 9.79 Å². The molecule has 0 aliphatic rings. The Morgan fingerprint density at radius 1 is 0.862 bits per heavy atom. The molecule has 0 aliphatic heterocycles. The number of nitrogens with zero attached hydrogens (tertiary/aromatic N) is 2. The number of methoxy groups -OCH3 is 1. The molecule has 152 valence electrons. The number of nitrogens with two attached hydrogens (primary N) is 1. The summed E-state index contributed by atoms with van der Waals surface area (Å²) in [6, 6.07) is 10.6. The molecule has 0 spiro atoms. The number of hydrogen-bond acceptors (Lipinski definition) is 8. The molecule has 0 radical (unpaired) electrons. The predicted octanol–water partition coefficient (Wildman–Crippen LogP) is 3.34. The van der Waals surface area contributed by atoms with E-state index >= 15 is 0 Å². The SMILES string of the molecule is COc1cc(/N=N/c2ccc3cc(S(=O)(=O)O)cc(S(=O)(=O)O)c3c2)ccc1N. The highest BCUT2D eigenvalue weighted by Crippen LogP contribution is 2.32. The van der Waals surface area contributed by atoms with Gasteiger partial charge in [0.25, 0.3) is 20.2 Å². The fourth-order valence-corrected chi connectivity index (χ4v) is 3.94. The van der Waals surface area contributed by atoms with E-state index < -0.39 is 30.0 Å². The number of ether oxygens (including phenoxy) is 1. The van der Waals surface area contributed by atoms with Crippen molar-refractivity contribution in [3.63, 3.8) is 0 Å². The Balaban J connectivity index is 2.12. The van der Waals surface area contributed by atoms with Gasteiger partial charge in [0.15, 0.2) is 0 Å². The van der Waals surface area contributed by atoms with Crippen LogP contribution in [0.5, 0.6) is 5.75 Å². The third-order valence-electron chi connectivity index (χ3n) is 3.95. The van der Waals surface area contributed by atoms with Crippen molar-refractivity contribution in [3.8, 4) is 5.75 Å². The molecule has 12 heteroatoms. The molecule has 29 heavy (non-hydrogen) atoms. The van der Waals surface area contributed by atoms with E-state index in [-0.39, 0.29) is 16.5 Å². The number of benzene rings is 3. The van der Waals surface area contributed by atoms with Crippen LogP contribution in [0.3, 0.4) is 0 Å². The maximum Gasteiger partial charge on any atom is 0.295 e. The Kier molecular flexibility index (Phi) is 5.28. The third-order valence-corrected chi connectivity index (χ3v) is 5.67. The normalized spacial score (nSPS) is 12.5. The van der Waals surface area contributed by atoms with Crippen LogP contribution in [0.1, 0.15) is 0 Å². The first-order valence-corrected chi connectivity index (χ1v) is 10.7. The summed E-state index contributed by atoms with van der Waals surface area (Å²) >= 11 is 0. The molecule has 4 N–H and O–H groups in total. The largest absolute Gasteiger partial charge is 0.495 e. The van der Waals surface area contributed by atoms with Crippen LogP contribution in [0.15, 0.2) is 68.6 Å². The smallest absolute Gasteiger partial charge is 0.295 e. The average molecular weight is 437 g/mol. The van der Waals surface area contributed by atoms with Crippen LogP contribution in [-0.4, -0.2) is 33.1 Å². The number of nitrogen functional groups attached to an aromatic ring is 1. The first kappa shape index (κ1) is 20.7. The van der Waals surface area contributed by atoms with Crippen molar-refractivity contribution >= 4 is 48.1 Å². The van der Waals surface area contributed by atoms with E-state index in [0.717, 1.165) is 6.07 Å². The van der Waals surface area contributed by atoms with E-state index in [1.54, 1.807) is 18.2 Å². The minimum absolute atomic E-state index is 0.00577. The van der Waals surface area contributed by atoms with E-state index in [4.69, 9.17) is 10.5 Å². The van der Waals surface area contributed by atoms with Gasteiger partial charge in [0.05, 0.1) is 29.1 Å². The Labute approximate surface area is 166 Å². The Hall–Kier alpha value is -3.06. The van der Waals surface area contributed by atoms with Gasteiger partial charge in [-0.2, -0.15) is 27.1 Å². The van der Waals surface area contributed by atoms with Gasteiger partial charge in [-0.05, 0) is 41.8 Å². The van der Waals surface area contributed by atoms with E-state index in [9.17, 15) is 25.9 Å². The first-order valence-electron chi connectivity index (χ1n) is 7.87. The molecule has 0 amide bonds. The second kappa shape index (κ2) is 7.40. The first-order chi connectivity index (χ1) is 13.5. The van der Waals surface area contributed by atoms with E-state index in [0.29, 0.717) is 23.2 Å². The average Bonchev–Trinajstić information content (AvgIpc) is 2.64. The molecule has 3 aromatic carbocycles. The maximum atomic E-state index is 11.7. The molecule has 3 rings (SSSR count). The standard InChI is InChI=1S/C17H15N3O7S2/c1-27-16-8-12(4-5-15(16)18)20-19-11-3-2-10-6-13(28(21,22)23)9-17(14(10)7-11)29(24,25)26/h2-9H,18H2,1H3,(H,21,22,23)(H,24,25,26)/b20-19+. The quantitative estimate of drug-likeness (QED) is 0.310. The fourth-order valence-electron chi connectivity index (χ4n) is 2.59. The summed E-state index contributed by atoms with van der Waals surface area (Å²) in [5, 5.41) is 8.19. The molecule has 3 aromatic rings. The Bertz CT molecular complexity index is 1350. The zero-order valence-corrected chi connectivity index (χ0v) is 16.5. The highest BCUT2D eigenvalue weighted by molar-refractivity contribution is 7.86. The summed E-state index contributed by atoms with van der Waals surface area (Å²) in [5.74, 6) is 0.409. The number of anilines is 1. The Morgan fingerprint density at radius 3 is 2.07 bits per heavy atom. The van der Waals surface area contributed by atoms with Gasteiger partial charge in [-0.15, -0.1) is 0 Å². The van der Waals surface area contributed by atoms with Crippen molar-refractivity contribution in [2.24, 2.45) is 10.2 Å². The zero-order valence-electron chi connectivity index (χ0n) is 14.8. The zero-order chi connectivity index (χ0) is 21.4. The van der Waals surface area contributed by atoms with Crippen LogP contribution < -0.4 is 10.5 Å². The number of azo groups is 1. The lowest BCUT2D eigenvalue weighted by molar-refractivity contribution is 0.417. The van der Waals surface area contributed by atoms with Crippen LogP contribution in [0.2, 0.25) is 0 Å². The lowest BCUT2D eigenvalue weighted by atomic mass is 10.1. The maximum absolute atomic E-state index is 11.7. The van der Waals surface area contributed by atoms with Gasteiger partial charge in [-0.25, -0.2) is 0 Å². The van der Waals surface area contributed by atoms with Crippen molar-refractivity contribution in [2.75, 3.05) is 12.8 Å². The molecule has 0 bridgehead atoms. The van der Waals surface area contributed by atoms with Crippen molar-refractivity contribution in [1.29, 1.82) is 0 Å². The molecule has 0 aromatic heterocycles. The van der Waals surface area contributed by atoms with Crippen molar-refractivity contribution in [1.82, 2.24) is 0 Å². The summed E-state index contributed by atoms with van der Waals surface area (Å²) in [7, 11) is -8.02. The second-order valence-corrected chi connectivity index (χ2v) is 8.71. The van der Waals surface area contributed by atoms with Crippen molar-refractivity contribution < 1.29 is 30.7 Å². The van der Waals surface area contributed by atoms with E-state index in [1.165, 1.54) is 25.3 Å². The summed E-state index contributed by atoms with van der Waals surface area (Å²) in [6.07, 6.45) is 0. The van der Waals surface area contributed by atoms with Crippen molar-refractivity contribution in [3.05, 3.63) is 48.5 Å². The van der Waals surface area contributed by atoms with E-state index in [1.807, 2.05) is 0 Å². The molecular formula is C17H15N3O7S2. The van der Waals surface area contributed by atoms with Crippen LogP contribution in [-0.2, 0) is 20.2 Å². The van der Waals surface area contributed by atoms with Gasteiger partial charge in [-0.1, -0.05) is 6.07 Å². The molecule has 0 heterocycles. The van der Waals surface area contributed by atoms with Crippen LogP contribution in [0, 0.1) is 0 Å². The molecule has 0 saturated heterocycles. The summed E-state index contributed by atoms with van der Waals surface area (Å²) in [6.45, 7) is 0. The van der Waals surface area contributed by atoms with Gasteiger partial charge >= 0.3 is 0 Å². The number of rotatable bonds is 5. The monoisotopic (exact) mass is 437 g/mol. The van der Waals surface area contributed by atoms with Crippen LogP contribution in [0.4, 0.5) is 17.1 Å². The lowest BCUT2D eigenvalue weighted by Gasteiger charge is -2.07. The molecule has 0 fully saturated rings.